The molecule has 16 heavy (non-hydrogen) atoms. The van der Waals surface area contributed by atoms with E-state index in [1.807, 2.05) is 32.9 Å². The Morgan fingerprint density at radius 2 is 1.44 bits per heavy atom. The number of hydrogen-bond donors (Lipinski definition) is 0. The van der Waals surface area contributed by atoms with Gasteiger partial charge in [0.1, 0.15) is 5.02 Å². The van der Waals surface area contributed by atoms with Crippen LogP contribution in [0.15, 0.2) is 21.7 Å². The molecule has 0 aliphatic carbocycles. The molecule has 0 heterocycles. The minimum atomic E-state index is -0.575. The molecular formula is C13H11ClO2. The summed E-state index contributed by atoms with van der Waals surface area (Å²) in [7, 11) is 0. The lowest BCUT2D eigenvalue weighted by Crippen LogP contribution is -2.33. The predicted octanol–water partition coefficient (Wildman–Crippen LogP) is 2.53. The van der Waals surface area contributed by atoms with E-state index in [9.17, 15) is 9.59 Å². The van der Waals surface area contributed by atoms with Crippen molar-refractivity contribution in [1.29, 1.82) is 0 Å². The molecule has 0 fully saturated rings. The summed E-state index contributed by atoms with van der Waals surface area (Å²) in [6.45, 7) is 5.89. The number of halogens is 1. The van der Waals surface area contributed by atoms with Gasteiger partial charge in [0.05, 0.1) is 5.56 Å². The second-order valence-corrected chi connectivity index (χ2v) is 4.48. The van der Waals surface area contributed by atoms with Gasteiger partial charge in [-0.1, -0.05) is 23.7 Å². The highest BCUT2D eigenvalue weighted by atomic mass is 35.5. The van der Waals surface area contributed by atoms with Gasteiger partial charge in [-0.3, -0.25) is 9.59 Å². The summed E-state index contributed by atoms with van der Waals surface area (Å²) in [5.41, 5.74) is 3.31. The summed E-state index contributed by atoms with van der Waals surface area (Å²) in [5.74, 6) is 0. The second-order valence-electron chi connectivity index (χ2n) is 4.10. The van der Waals surface area contributed by atoms with Crippen molar-refractivity contribution >= 4 is 11.6 Å². The number of aryl methyl sites for hydroxylation is 3. The number of hydrogen-bond acceptors (Lipinski definition) is 2. The number of rotatable bonds is 1. The van der Waals surface area contributed by atoms with Crippen LogP contribution in [0.25, 0.3) is 11.1 Å². The van der Waals surface area contributed by atoms with Gasteiger partial charge in [-0.2, -0.15) is 0 Å². The standard InChI is InChI=1S/C13H11ClO2/c1-6-4-8(3)9(5-7(6)2)10-11(14)13(16)12(10)15/h4-5H,1-3H3. The average Bonchev–Trinajstić information content (AvgIpc) is 2.25. The molecule has 0 atom stereocenters. The Morgan fingerprint density at radius 1 is 0.875 bits per heavy atom. The van der Waals surface area contributed by atoms with E-state index in [2.05, 4.69) is 0 Å². The fourth-order valence-electron chi connectivity index (χ4n) is 1.83. The van der Waals surface area contributed by atoms with Gasteiger partial charge in [0.15, 0.2) is 0 Å². The SMILES string of the molecule is Cc1cc(C)c(-c2c(Cl)c(=O)c2=O)cc1C. The van der Waals surface area contributed by atoms with E-state index < -0.39 is 10.9 Å². The number of benzene rings is 1. The van der Waals surface area contributed by atoms with Crippen molar-refractivity contribution in [2.24, 2.45) is 0 Å². The van der Waals surface area contributed by atoms with Crippen LogP contribution in [0.1, 0.15) is 16.7 Å². The van der Waals surface area contributed by atoms with Gasteiger partial charge in [-0.15, -0.1) is 0 Å². The normalized spacial score (nSPS) is 11.0. The first kappa shape index (κ1) is 11.1. The Morgan fingerprint density at radius 3 is 2.00 bits per heavy atom. The first-order valence-corrected chi connectivity index (χ1v) is 5.38. The average molecular weight is 235 g/mol. The van der Waals surface area contributed by atoms with Gasteiger partial charge >= 0.3 is 0 Å². The van der Waals surface area contributed by atoms with Gasteiger partial charge in [-0.25, -0.2) is 0 Å². The summed E-state index contributed by atoms with van der Waals surface area (Å²) in [6.07, 6.45) is 0. The van der Waals surface area contributed by atoms with Crippen molar-refractivity contribution in [2.75, 3.05) is 0 Å². The van der Waals surface area contributed by atoms with Crippen molar-refractivity contribution in [3.05, 3.63) is 54.3 Å². The van der Waals surface area contributed by atoms with Crippen LogP contribution < -0.4 is 10.9 Å². The Kier molecular flexibility index (Phi) is 2.47. The molecular weight excluding hydrogens is 224 g/mol. The lowest BCUT2D eigenvalue weighted by atomic mass is 9.93. The lowest BCUT2D eigenvalue weighted by molar-refractivity contribution is 1.28. The van der Waals surface area contributed by atoms with Crippen LogP contribution in [0.5, 0.6) is 0 Å². The highest BCUT2D eigenvalue weighted by Crippen LogP contribution is 2.28. The molecule has 0 bridgehead atoms. The molecule has 2 rings (SSSR count). The van der Waals surface area contributed by atoms with E-state index in [4.69, 9.17) is 11.6 Å². The van der Waals surface area contributed by atoms with Gasteiger partial charge in [0.25, 0.3) is 0 Å². The monoisotopic (exact) mass is 234 g/mol. The molecule has 2 aromatic rings. The van der Waals surface area contributed by atoms with E-state index in [0.717, 1.165) is 22.3 Å². The topological polar surface area (TPSA) is 34.1 Å². The smallest absolute Gasteiger partial charge is 0.245 e. The summed E-state index contributed by atoms with van der Waals surface area (Å²) in [6, 6.07) is 3.91. The Labute approximate surface area is 98.2 Å². The van der Waals surface area contributed by atoms with Crippen LogP contribution in [0.2, 0.25) is 5.02 Å². The molecule has 0 aliphatic rings. The van der Waals surface area contributed by atoms with Crippen LogP contribution in [-0.4, -0.2) is 0 Å². The fraction of sp³-hybridized carbons (Fsp3) is 0.231. The second kappa shape index (κ2) is 3.56. The van der Waals surface area contributed by atoms with Crippen molar-refractivity contribution in [2.45, 2.75) is 20.8 Å². The Bertz CT molecular complexity index is 647. The molecule has 0 radical (unpaired) electrons. The van der Waals surface area contributed by atoms with Gasteiger partial charge in [-0.05, 0) is 43.0 Å². The predicted molar refractivity (Wildman–Crippen MR) is 66.0 cm³/mol. The molecule has 82 valence electrons. The maximum atomic E-state index is 11.4. The van der Waals surface area contributed by atoms with Crippen molar-refractivity contribution < 1.29 is 0 Å². The van der Waals surface area contributed by atoms with Gasteiger partial charge in [0, 0.05) is 0 Å². The van der Waals surface area contributed by atoms with Crippen LogP contribution >= 0.6 is 11.6 Å². The van der Waals surface area contributed by atoms with Crippen LogP contribution in [-0.2, 0) is 0 Å². The highest BCUT2D eigenvalue weighted by molar-refractivity contribution is 6.34. The van der Waals surface area contributed by atoms with Crippen LogP contribution in [0, 0.1) is 20.8 Å². The first-order chi connectivity index (χ1) is 7.43. The summed E-state index contributed by atoms with van der Waals surface area (Å²) in [5, 5.41) is 0.0661. The zero-order valence-corrected chi connectivity index (χ0v) is 10.1. The maximum absolute atomic E-state index is 11.4. The largest absolute Gasteiger partial charge is 0.285 e. The molecule has 0 aromatic heterocycles. The molecule has 0 aliphatic heterocycles. The van der Waals surface area contributed by atoms with E-state index >= 15 is 0 Å². The molecule has 3 heteroatoms. The lowest BCUT2D eigenvalue weighted by Gasteiger charge is -2.11. The van der Waals surface area contributed by atoms with Crippen molar-refractivity contribution in [3.63, 3.8) is 0 Å². The van der Waals surface area contributed by atoms with Gasteiger partial charge in [0.2, 0.25) is 10.9 Å². The third kappa shape index (κ3) is 1.41. The zero-order chi connectivity index (χ0) is 12.0. The molecule has 0 saturated heterocycles. The Hall–Kier alpha value is -1.41. The Balaban J connectivity index is 2.72. The summed E-state index contributed by atoms with van der Waals surface area (Å²) in [4.78, 5) is 22.5. The quantitative estimate of drug-likeness (QED) is 0.711. The molecule has 2 aromatic carbocycles. The summed E-state index contributed by atoms with van der Waals surface area (Å²) < 4.78 is 0. The molecule has 0 amide bonds. The maximum Gasteiger partial charge on any atom is 0.245 e. The third-order valence-corrected chi connectivity index (χ3v) is 3.32. The molecule has 0 saturated carbocycles. The van der Waals surface area contributed by atoms with E-state index in [0.29, 0.717) is 5.56 Å². The zero-order valence-electron chi connectivity index (χ0n) is 9.35. The third-order valence-electron chi connectivity index (χ3n) is 2.96. The van der Waals surface area contributed by atoms with E-state index in [1.54, 1.807) is 0 Å². The van der Waals surface area contributed by atoms with E-state index in [-0.39, 0.29) is 5.02 Å². The summed E-state index contributed by atoms with van der Waals surface area (Å²) >= 11 is 5.77. The minimum Gasteiger partial charge on any atom is -0.285 e. The molecule has 0 N–H and O–H groups in total. The van der Waals surface area contributed by atoms with Crippen LogP contribution in [0.3, 0.4) is 0 Å². The first-order valence-electron chi connectivity index (χ1n) is 5.00. The van der Waals surface area contributed by atoms with E-state index in [1.165, 1.54) is 0 Å². The van der Waals surface area contributed by atoms with Gasteiger partial charge < -0.3 is 0 Å². The van der Waals surface area contributed by atoms with Crippen molar-refractivity contribution in [3.8, 4) is 11.1 Å². The van der Waals surface area contributed by atoms with Crippen molar-refractivity contribution in [1.82, 2.24) is 0 Å². The molecule has 0 spiro atoms. The van der Waals surface area contributed by atoms with Crippen LogP contribution in [0.4, 0.5) is 0 Å². The molecule has 2 nitrogen and oxygen atoms in total. The minimum absolute atomic E-state index is 0.0661. The highest BCUT2D eigenvalue weighted by Gasteiger charge is 2.21. The molecule has 0 unspecified atom stereocenters. The fourth-order valence-corrected chi connectivity index (χ4v) is 2.11.